The number of rotatable bonds is 5. The van der Waals surface area contributed by atoms with Crippen molar-refractivity contribution in [2.75, 3.05) is 0 Å². The zero-order chi connectivity index (χ0) is 17.3. The minimum atomic E-state index is -0.852. The molecule has 0 heterocycles. The number of hydrogen-bond acceptors (Lipinski definition) is 3. The fraction of sp³-hybridized carbons (Fsp3) is 0.667. The van der Waals surface area contributed by atoms with E-state index in [9.17, 15) is 15.0 Å². The van der Waals surface area contributed by atoms with Gasteiger partial charge in [-0.25, -0.2) is 0 Å². The highest BCUT2D eigenvalue weighted by atomic mass is 16.3. The molecule has 0 aliphatic heterocycles. The molecule has 3 aliphatic carbocycles. The van der Waals surface area contributed by atoms with Crippen LogP contribution in [-0.2, 0) is 4.79 Å². The highest BCUT2D eigenvalue weighted by molar-refractivity contribution is 5.99. The van der Waals surface area contributed by atoms with Crippen molar-refractivity contribution in [3.05, 3.63) is 37.0 Å². The molecule has 3 aliphatic rings. The summed E-state index contributed by atoms with van der Waals surface area (Å²) >= 11 is 0. The lowest BCUT2D eigenvalue weighted by Crippen LogP contribution is -2.36. The first-order valence-electron chi connectivity index (χ1n) is 9.39. The lowest BCUT2D eigenvalue weighted by molar-refractivity contribution is -0.118. The van der Waals surface area contributed by atoms with Crippen LogP contribution in [0.2, 0.25) is 0 Å². The number of aliphatic hydroxyl groups excluding tert-OH is 1. The summed E-state index contributed by atoms with van der Waals surface area (Å²) in [7, 11) is 0. The summed E-state index contributed by atoms with van der Waals surface area (Å²) in [5, 5.41) is 21.3. The van der Waals surface area contributed by atoms with Crippen LogP contribution >= 0.6 is 0 Å². The number of ketones is 1. The van der Waals surface area contributed by atoms with Gasteiger partial charge in [0.1, 0.15) is 0 Å². The van der Waals surface area contributed by atoms with Crippen LogP contribution in [0, 0.1) is 23.7 Å². The Labute approximate surface area is 145 Å². The zero-order valence-corrected chi connectivity index (χ0v) is 14.5. The molecule has 0 spiro atoms. The summed E-state index contributed by atoms with van der Waals surface area (Å²) in [6.07, 6.45) is 12.8. The third-order valence-corrected chi connectivity index (χ3v) is 6.59. The first-order chi connectivity index (χ1) is 11.5. The largest absolute Gasteiger partial charge is 0.392 e. The highest BCUT2D eigenvalue weighted by Crippen LogP contribution is 2.48. The normalized spacial score (nSPS) is 36.9. The standard InChI is InChI=1S/C21H30O3/c1-3-21(24,15-8-5-4-6-9-15)11-7-10-16-17-12-14(2)20(23)18(17)13-19(16)22/h3,7,10,15-19,22,24H,1-2,4-6,8-9,11-13H2/t16-,17-,18-,19+,21?/m0/s1. The summed E-state index contributed by atoms with van der Waals surface area (Å²) in [6, 6.07) is 0. The van der Waals surface area contributed by atoms with E-state index in [1.165, 1.54) is 19.3 Å². The molecule has 3 heteroatoms. The Morgan fingerprint density at radius 3 is 2.62 bits per heavy atom. The lowest BCUT2D eigenvalue weighted by atomic mass is 9.75. The predicted molar refractivity (Wildman–Crippen MR) is 95.3 cm³/mol. The summed E-state index contributed by atoms with van der Waals surface area (Å²) in [6.45, 7) is 7.72. The van der Waals surface area contributed by atoms with Crippen molar-refractivity contribution in [2.45, 2.75) is 63.1 Å². The van der Waals surface area contributed by atoms with Crippen LogP contribution in [0.5, 0.6) is 0 Å². The van der Waals surface area contributed by atoms with Gasteiger partial charge in [-0.3, -0.25) is 4.79 Å². The van der Waals surface area contributed by atoms with Gasteiger partial charge in [-0.2, -0.15) is 0 Å². The Kier molecular flexibility index (Phi) is 5.12. The first-order valence-corrected chi connectivity index (χ1v) is 9.39. The molecular weight excluding hydrogens is 300 g/mol. The van der Waals surface area contributed by atoms with Gasteiger partial charge < -0.3 is 10.2 Å². The highest BCUT2D eigenvalue weighted by Gasteiger charge is 2.49. The second-order valence-electron chi connectivity index (χ2n) is 7.99. The van der Waals surface area contributed by atoms with E-state index in [0.29, 0.717) is 24.8 Å². The number of carbonyl (C=O) groups is 1. The lowest BCUT2D eigenvalue weighted by Gasteiger charge is -2.35. The Balaban J connectivity index is 1.65. The van der Waals surface area contributed by atoms with E-state index in [0.717, 1.165) is 12.8 Å². The number of fused-ring (bicyclic) bond motifs is 1. The fourth-order valence-corrected chi connectivity index (χ4v) is 5.08. The minimum absolute atomic E-state index is 0.00128. The van der Waals surface area contributed by atoms with Crippen molar-refractivity contribution in [2.24, 2.45) is 23.7 Å². The van der Waals surface area contributed by atoms with Gasteiger partial charge in [-0.1, -0.05) is 44.1 Å². The van der Waals surface area contributed by atoms with Crippen molar-refractivity contribution >= 4 is 5.78 Å². The van der Waals surface area contributed by atoms with E-state index >= 15 is 0 Å². The third kappa shape index (κ3) is 3.16. The van der Waals surface area contributed by atoms with Gasteiger partial charge in [-0.05, 0) is 49.5 Å². The van der Waals surface area contributed by atoms with Gasteiger partial charge in [0.2, 0.25) is 0 Å². The topological polar surface area (TPSA) is 57.5 Å². The van der Waals surface area contributed by atoms with Gasteiger partial charge in [-0.15, -0.1) is 6.58 Å². The molecule has 0 radical (unpaired) electrons. The molecule has 24 heavy (non-hydrogen) atoms. The van der Waals surface area contributed by atoms with Crippen molar-refractivity contribution in [1.82, 2.24) is 0 Å². The van der Waals surface area contributed by atoms with Crippen LogP contribution in [0.1, 0.15) is 51.4 Å². The molecule has 3 nitrogen and oxygen atoms in total. The molecular formula is C21H30O3. The van der Waals surface area contributed by atoms with Gasteiger partial charge in [0.05, 0.1) is 11.7 Å². The van der Waals surface area contributed by atoms with Crippen molar-refractivity contribution in [3.63, 3.8) is 0 Å². The van der Waals surface area contributed by atoms with Crippen LogP contribution in [-0.4, -0.2) is 27.7 Å². The SMILES string of the molecule is C=CC(O)(CC=C[C@H]1[C@@H]2CC(=C)C(=O)[C@H]2C[C@H]1O)C1CCCCC1. The second kappa shape index (κ2) is 6.97. The number of allylic oxidation sites excluding steroid dienone is 1. The number of carbonyl (C=O) groups excluding carboxylic acids is 1. The van der Waals surface area contributed by atoms with Crippen LogP contribution in [0.4, 0.5) is 0 Å². The monoisotopic (exact) mass is 330 g/mol. The van der Waals surface area contributed by atoms with E-state index in [1.54, 1.807) is 6.08 Å². The molecule has 5 atom stereocenters. The van der Waals surface area contributed by atoms with E-state index in [2.05, 4.69) is 13.2 Å². The molecule has 132 valence electrons. The summed E-state index contributed by atoms with van der Waals surface area (Å²) < 4.78 is 0. The quantitative estimate of drug-likeness (QED) is 0.598. The van der Waals surface area contributed by atoms with Gasteiger partial charge >= 0.3 is 0 Å². The molecule has 3 fully saturated rings. The molecule has 0 bridgehead atoms. The van der Waals surface area contributed by atoms with Crippen molar-refractivity contribution < 1.29 is 15.0 Å². The van der Waals surface area contributed by atoms with Crippen molar-refractivity contribution in [3.8, 4) is 0 Å². The maximum Gasteiger partial charge on any atom is 0.161 e. The fourth-order valence-electron chi connectivity index (χ4n) is 5.08. The summed E-state index contributed by atoms with van der Waals surface area (Å²) in [5.74, 6) is 0.544. The third-order valence-electron chi connectivity index (χ3n) is 6.59. The average Bonchev–Trinajstić information content (AvgIpc) is 3.04. The molecule has 0 amide bonds. The van der Waals surface area contributed by atoms with E-state index in [-0.39, 0.29) is 29.5 Å². The molecule has 0 aromatic rings. The van der Waals surface area contributed by atoms with Crippen LogP contribution in [0.25, 0.3) is 0 Å². The molecule has 1 unspecified atom stereocenters. The Bertz CT molecular complexity index is 543. The summed E-state index contributed by atoms with van der Waals surface area (Å²) in [4.78, 5) is 12.1. The van der Waals surface area contributed by atoms with Crippen LogP contribution in [0.15, 0.2) is 37.0 Å². The minimum Gasteiger partial charge on any atom is -0.392 e. The van der Waals surface area contributed by atoms with E-state index in [4.69, 9.17) is 0 Å². The molecule has 3 saturated carbocycles. The molecule has 2 N–H and O–H groups in total. The first kappa shape index (κ1) is 17.6. The Morgan fingerprint density at radius 1 is 1.25 bits per heavy atom. The predicted octanol–water partition coefficient (Wildman–Crippen LogP) is 3.57. The maximum atomic E-state index is 12.1. The van der Waals surface area contributed by atoms with Crippen LogP contribution < -0.4 is 0 Å². The van der Waals surface area contributed by atoms with Gasteiger partial charge in [0.15, 0.2) is 5.78 Å². The summed E-state index contributed by atoms with van der Waals surface area (Å²) in [5.41, 5.74) is -0.144. The number of aliphatic hydroxyl groups is 2. The molecule has 3 rings (SSSR count). The second-order valence-corrected chi connectivity index (χ2v) is 7.99. The molecule has 0 aromatic heterocycles. The van der Waals surface area contributed by atoms with Crippen LogP contribution in [0.3, 0.4) is 0 Å². The maximum absolute atomic E-state index is 12.1. The zero-order valence-electron chi connectivity index (χ0n) is 14.5. The molecule has 0 aromatic carbocycles. The molecule has 0 saturated heterocycles. The van der Waals surface area contributed by atoms with Gasteiger partial charge in [0, 0.05) is 11.8 Å². The van der Waals surface area contributed by atoms with Gasteiger partial charge in [0.25, 0.3) is 0 Å². The Hall–Kier alpha value is -1.19. The Morgan fingerprint density at radius 2 is 1.96 bits per heavy atom. The van der Waals surface area contributed by atoms with E-state index < -0.39 is 11.7 Å². The van der Waals surface area contributed by atoms with Crippen molar-refractivity contribution in [1.29, 1.82) is 0 Å². The number of Topliss-reactive ketones (excluding diaryl/α,β-unsaturated/α-hetero) is 1. The van der Waals surface area contributed by atoms with E-state index in [1.807, 2.05) is 12.2 Å². The smallest absolute Gasteiger partial charge is 0.161 e. The number of hydrogen-bond donors (Lipinski definition) is 2. The average molecular weight is 330 g/mol.